The van der Waals surface area contributed by atoms with Crippen LogP contribution in [-0.2, 0) is 119 Å². The van der Waals surface area contributed by atoms with Crippen molar-refractivity contribution < 1.29 is 119 Å². The maximum atomic E-state index is 13.7. The summed E-state index contributed by atoms with van der Waals surface area (Å²) in [6, 6.07) is -3.87. The minimum absolute atomic E-state index is 0.151. The van der Waals surface area contributed by atoms with Gasteiger partial charge in [-0.15, -0.1) is 0 Å². The van der Waals surface area contributed by atoms with Crippen molar-refractivity contribution in [2.24, 2.45) is 5.11 Å². The van der Waals surface area contributed by atoms with Crippen LogP contribution in [0.15, 0.2) is 5.11 Å². The van der Waals surface area contributed by atoms with Gasteiger partial charge in [0.1, 0.15) is 84.9 Å². The molecule has 12 aliphatic carbocycles. The van der Waals surface area contributed by atoms with Crippen LogP contribution in [-0.4, -0.2) is 302 Å². The highest BCUT2D eigenvalue weighted by atomic mass is 16.6. The van der Waals surface area contributed by atoms with Gasteiger partial charge in [0.05, 0.1) is 146 Å². The lowest BCUT2D eigenvalue weighted by atomic mass is 9.91. The van der Waals surface area contributed by atoms with E-state index in [0.29, 0.717) is 135 Å². The van der Waals surface area contributed by atoms with Crippen LogP contribution in [0.2, 0.25) is 0 Å². The van der Waals surface area contributed by atoms with Crippen molar-refractivity contribution in [3.63, 3.8) is 0 Å². The fourth-order valence-electron chi connectivity index (χ4n) is 22.8. The second kappa shape index (κ2) is 59.0. The average molecular weight is 1960 g/mol. The van der Waals surface area contributed by atoms with Crippen molar-refractivity contribution in [3.05, 3.63) is 10.4 Å². The van der Waals surface area contributed by atoms with E-state index in [1.807, 2.05) is 0 Å². The molecule has 0 aromatic carbocycles. The molecule has 0 aromatic heterocycles. The highest BCUT2D eigenvalue weighted by Gasteiger charge is 2.41. The van der Waals surface area contributed by atoms with Crippen molar-refractivity contribution in [3.8, 4) is 0 Å². The number of azide groups is 1. The van der Waals surface area contributed by atoms with Crippen molar-refractivity contribution in [1.29, 1.82) is 0 Å². The van der Waals surface area contributed by atoms with E-state index in [-0.39, 0.29) is 247 Å². The Balaban J connectivity index is 0.496. The summed E-state index contributed by atoms with van der Waals surface area (Å²) in [7, 11) is 0. The zero-order valence-electron chi connectivity index (χ0n) is 82.8. The van der Waals surface area contributed by atoms with Crippen LogP contribution in [0.5, 0.6) is 0 Å². The van der Waals surface area contributed by atoms with Crippen LogP contribution in [0.4, 0.5) is 0 Å². The van der Waals surface area contributed by atoms with Crippen LogP contribution in [0, 0.1) is 0 Å². The topological polar surface area (TPSA) is 506 Å². The molecule has 11 amide bonds. The average Bonchev–Trinajstić information content (AvgIpc) is 0.862. The molecule has 0 heterocycles. The largest absolute Gasteiger partial charge is 0.458 e. The Bertz CT molecular complexity index is 3830. The molecule has 0 aromatic rings. The number of ether oxygens (including phenoxy) is 13. The number of hydrogen-bond acceptors (Lipinski definition) is 26. The minimum Gasteiger partial charge on any atom is -0.458 e. The van der Waals surface area contributed by atoms with Gasteiger partial charge < -0.3 is 120 Å². The molecule has 139 heavy (non-hydrogen) atoms. The lowest BCUT2D eigenvalue weighted by Gasteiger charge is -2.35. The van der Waals surface area contributed by atoms with Gasteiger partial charge in [-0.1, -0.05) is 159 Å². The van der Waals surface area contributed by atoms with E-state index in [9.17, 15) is 57.5 Å². The highest BCUT2D eigenvalue weighted by Crippen LogP contribution is 2.33. The summed E-state index contributed by atoms with van der Waals surface area (Å²) in [6.07, 6.45) is 33.0. The van der Waals surface area contributed by atoms with Crippen molar-refractivity contribution in [2.45, 2.75) is 480 Å². The summed E-state index contributed by atoms with van der Waals surface area (Å²) in [4.78, 5) is 164. The minimum atomic E-state index is -0.630. The fraction of sp³-hybridized carbons (Fsp3) is 0.880. The first kappa shape index (κ1) is 110. The van der Waals surface area contributed by atoms with Crippen LogP contribution in [0.25, 0.3) is 10.4 Å². The smallest absolute Gasteiger partial charge is 0.332 e. The van der Waals surface area contributed by atoms with E-state index < -0.39 is 54.3 Å². The maximum Gasteiger partial charge on any atom is 0.332 e. The number of carbonyl (C=O) groups is 12. The molecule has 12 rings (SSSR count). The predicted molar refractivity (Wildman–Crippen MR) is 509 cm³/mol. The Morgan fingerprint density at radius 3 is 0.489 bits per heavy atom. The van der Waals surface area contributed by atoms with E-state index in [0.717, 1.165) is 173 Å². The zero-order valence-corrected chi connectivity index (χ0v) is 82.8. The molecule has 12 aliphatic rings. The monoisotopic (exact) mass is 1960 g/mol. The van der Waals surface area contributed by atoms with Gasteiger partial charge >= 0.3 is 5.97 Å². The highest BCUT2D eigenvalue weighted by molar-refractivity contribution is 5.82. The summed E-state index contributed by atoms with van der Waals surface area (Å²) in [6.45, 7) is 2.91. The van der Waals surface area contributed by atoms with E-state index in [1.165, 1.54) is 0 Å². The lowest BCUT2D eigenvalue weighted by Crippen LogP contribution is -2.52. The quantitative estimate of drug-likeness (QED) is 0.0119. The van der Waals surface area contributed by atoms with E-state index >= 15 is 0 Å². The number of amides is 11. The van der Waals surface area contributed by atoms with E-state index in [2.05, 4.69) is 68.5 Å². The van der Waals surface area contributed by atoms with Crippen LogP contribution < -0.4 is 58.5 Å². The summed E-state index contributed by atoms with van der Waals surface area (Å²) < 4.78 is 79.6. The first-order valence-electron chi connectivity index (χ1n) is 53.3. The zero-order chi connectivity index (χ0) is 98.1. The first-order chi connectivity index (χ1) is 67.4. The third-order valence-electron chi connectivity index (χ3n) is 30.0. The van der Waals surface area contributed by atoms with Crippen molar-refractivity contribution in [1.82, 2.24) is 58.5 Å². The second-order valence-electron chi connectivity index (χ2n) is 41.9. The number of carbonyl (C=O) groups excluding carboxylic acids is 12. The third kappa shape index (κ3) is 38.5. The van der Waals surface area contributed by atoms with Crippen LogP contribution >= 0.6 is 0 Å². The number of hydrogen-bond donors (Lipinski definition) is 11. The molecule has 0 saturated heterocycles. The fourth-order valence-corrected chi connectivity index (χ4v) is 22.8. The molecule has 12 fully saturated rings. The van der Waals surface area contributed by atoms with Crippen molar-refractivity contribution >= 4 is 70.9 Å². The number of nitrogens with zero attached hydrogens (tertiary/aromatic N) is 3. The molecule has 12 saturated carbocycles. The molecule has 39 heteroatoms. The molecule has 11 N–H and O–H groups in total. The maximum absolute atomic E-state index is 13.7. The SMILES string of the molecule is CC(C)(C)OC(=O)CO[C@H]1CCCC[C@@H]1NC(=O)CO[C@H]1CCCC[C@@H]1NC(=O)CO[C@H]1CCCC[C@@H]1NC(=O)CO[C@H]1CCCC[C@@H]1NC(=O)CO[C@H]1CCCC[C@@H]1NC(=O)CO[C@H]1CCCC[C@@H]1NC(=O)CO[C@H]1CCCC[C@@H]1NC(=O)CO[C@H]1CCCC[C@@H]1NC(=O)CO[C@H]1CCCC[C@@H]1NC(=O)CO[C@H]1CCCC[C@@H]1NC(=O)CO[C@H]1CCCC[C@@H]1NC(=O)CO[C@H]1CCCC[C@@H]1N=[N+]=[N-]. The Labute approximate surface area is 819 Å². The van der Waals surface area contributed by atoms with Gasteiger partial charge in [0.15, 0.2) is 0 Å². The molecule has 0 spiro atoms. The molecule has 24 atom stereocenters. The van der Waals surface area contributed by atoms with Gasteiger partial charge in [0.2, 0.25) is 65.0 Å². The number of rotatable bonds is 48. The summed E-state index contributed by atoms with van der Waals surface area (Å²) in [5.74, 6) is -3.84. The summed E-state index contributed by atoms with van der Waals surface area (Å²) >= 11 is 0. The molecular weight excluding hydrogens is 1800 g/mol. The number of esters is 1. The van der Waals surface area contributed by atoms with Gasteiger partial charge in [0, 0.05) is 4.91 Å². The normalized spacial score (nSPS) is 31.9. The van der Waals surface area contributed by atoms with Gasteiger partial charge in [-0.05, 0) is 180 Å². The Morgan fingerprint density at radius 1 is 0.209 bits per heavy atom. The molecule has 784 valence electrons. The summed E-state index contributed by atoms with van der Waals surface area (Å²) in [5.41, 5.74) is 8.36. The molecule has 0 unspecified atom stereocenters. The molecule has 0 bridgehead atoms. The summed E-state index contributed by atoms with van der Waals surface area (Å²) in [5, 5.41) is 38.0. The Hall–Kier alpha value is -7.53. The van der Waals surface area contributed by atoms with Gasteiger partial charge in [-0.2, -0.15) is 0 Å². The van der Waals surface area contributed by atoms with E-state index in [4.69, 9.17) is 67.1 Å². The Kier molecular flexibility index (Phi) is 46.8. The van der Waals surface area contributed by atoms with Crippen LogP contribution in [0.1, 0.15) is 329 Å². The lowest BCUT2D eigenvalue weighted by molar-refractivity contribution is -0.163. The molecule has 39 nitrogen and oxygen atoms in total. The van der Waals surface area contributed by atoms with Gasteiger partial charge in [-0.25, -0.2) is 4.79 Å². The number of nitrogens with one attached hydrogen (secondary N) is 11. The predicted octanol–water partition coefficient (Wildman–Crippen LogP) is 7.85. The Morgan fingerprint density at radius 2 is 0.338 bits per heavy atom. The van der Waals surface area contributed by atoms with Crippen molar-refractivity contribution in [2.75, 3.05) is 79.3 Å². The van der Waals surface area contributed by atoms with Gasteiger partial charge in [0.25, 0.3) is 0 Å². The first-order valence-corrected chi connectivity index (χ1v) is 53.3. The third-order valence-corrected chi connectivity index (χ3v) is 30.0. The van der Waals surface area contributed by atoms with E-state index in [1.54, 1.807) is 20.8 Å². The van der Waals surface area contributed by atoms with Gasteiger partial charge in [-0.3, -0.25) is 52.7 Å². The molecular formula is C100H164N14O25. The van der Waals surface area contributed by atoms with Crippen LogP contribution in [0.3, 0.4) is 0 Å². The molecule has 0 aliphatic heterocycles. The second-order valence-corrected chi connectivity index (χ2v) is 41.9. The standard InChI is InChI=1S/C100H164N14O25/c1-100(2,3)139-99(126)63-138-86-50-26-14-38-74(86)112-97(124)61-136-84-48-24-12-36-72(84)110-95(122)59-134-82-46-22-10-34-70(82)108-93(120)57-132-80-44-20-8-32-68(80)106-91(118)55-130-78-42-18-6-30-66(78)104-89(116)53-128-76-40-16-4-28-64(76)102-88(115)52-127-77-41-17-5-29-65(77)103-90(117)54-129-79-43-19-7-31-67(79)105-92(119)56-131-81-45-21-9-33-69(81)107-94(121)58-133-83-47-23-11-35-71(83)109-96(123)60-135-85-49-25-13-37-73(85)111-98(125)62-137-87-51-27-15-39-75(87)113-114-101/h64-87H,4-63H2,1-3H3,(H,102,115)(H,103,117)(H,104,116)(H,105,119)(H,106,118)(H,107,121)(H,108,120)(H,109,123)(H,110,122)(H,111,125)(H,112,124)/t64-,65-,66-,67-,68-,69-,70-,71-,72-,73-,74-,75-,76-,77-,78-,79-,80-,81-,82-,83-,84-,85-,86-,87-/m0/s1. The molecule has 0 radical (unpaired) electrons.